The smallest absolute Gasteiger partial charge is 0.303 e. The van der Waals surface area contributed by atoms with Crippen molar-refractivity contribution >= 4 is 17.6 Å². The molecule has 1 saturated heterocycles. The van der Waals surface area contributed by atoms with Crippen LogP contribution in [0.25, 0.3) is 0 Å². The van der Waals surface area contributed by atoms with E-state index in [-0.39, 0.29) is 11.8 Å². The largest absolute Gasteiger partial charge is 0.481 e. The molecule has 0 unspecified atom stereocenters. The van der Waals surface area contributed by atoms with Gasteiger partial charge in [-0.3, -0.25) is 4.79 Å². The van der Waals surface area contributed by atoms with Crippen molar-refractivity contribution in [2.45, 2.75) is 69.5 Å². The highest BCUT2D eigenvalue weighted by molar-refractivity contribution is 6.20. The van der Waals surface area contributed by atoms with Crippen LogP contribution in [0, 0.1) is 11.8 Å². The molecule has 1 aliphatic carbocycles. The number of aliphatic carboxylic acids is 1. The van der Waals surface area contributed by atoms with Crippen LogP contribution in [0.2, 0.25) is 0 Å². The molecule has 0 amide bonds. The van der Waals surface area contributed by atoms with Crippen molar-refractivity contribution in [2.75, 3.05) is 0 Å². The van der Waals surface area contributed by atoms with Gasteiger partial charge in [0.05, 0.1) is 12.2 Å². The van der Waals surface area contributed by atoms with E-state index < -0.39 is 5.97 Å². The summed E-state index contributed by atoms with van der Waals surface area (Å²) in [6.07, 6.45) is 15.7. The molecule has 0 spiro atoms. The molecule has 0 aromatic rings. The first kappa shape index (κ1) is 17.6. The first-order chi connectivity index (χ1) is 10.6. The van der Waals surface area contributed by atoms with E-state index in [2.05, 4.69) is 31.2 Å². The SMILES string of the molecule is CC[C@H](Cl)[C@@H]1C[C@@H]2O[C@@H]2[C@H]1/C=C\C/C=C\CCCCC(=O)O. The summed E-state index contributed by atoms with van der Waals surface area (Å²) >= 11 is 6.44. The van der Waals surface area contributed by atoms with Crippen LogP contribution >= 0.6 is 11.6 Å². The maximum absolute atomic E-state index is 10.4. The number of carbonyl (C=O) groups is 1. The van der Waals surface area contributed by atoms with Crippen molar-refractivity contribution in [2.24, 2.45) is 11.8 Å². The summed E-state index contributed by atoms with van der Waals surface area (Å²) in [7, 11) is 0. The summed E-state index contributed by atoms with van der Waals surface area (Å²) < 4.78 is 5.66. The maximum Gasteiger partial charge on any atom is 0.303 e. The Morgan fingerprint density at radius 1 is 1.36 bits per heavy atom. The van der Waals surface area contributed by atoms with Crippen LogP contribution in [0.4, 0.5) is 0 Å². The number of hydrogen-bond donors (Lipinski definition) is 1. The molecule has 2 rings (SSSR count). The first-order valence-electron chi connectivity index (χ1n) is 8.46. The summed E-state index contributed by atoms with van der Waals surface area (Å²) in [6.45, 7) is 2.15. The van der Waals surface area contributed by atoms with E-state index in [0.29, 0.717) is 24.0 Å². The summed E-state index contributed by atoms with van der Waals surface area (Å²) in [5.41, 5.74) is 0. The van der Waals surface area contributed by atoms with Crippen molar-refractivity contribution in [3.05, 3.63) is 24.3 Å². The lowest BCUT2D eigenvalue weighted by atomic mass is 9.90. The van der Waals surface area contributed by atoms with E-state index in [9.17, 15) is 4.79 Å². The minimum atomic E-state index is -0.705. The monoisotopic (exact) mass is 326 g/mol. The molecule has 5 atom stereocenters. The fourth-order valence-electron chi connectivity index (χ4n) is 3.36. The zero-order valence-corrected chi connectivity index (χ0v) is 14.0. The summed E-state index contributed by atoms with van der Waals surface area (Å²) in [6, 6.07) is 0. The Balaban J connectivity index is 1.63. The van der Waals surface area contributed by atoms with Gasteiger partial charge in [-0.25, -0.2) is 0 Å². The second kappa shape index (κ2) is 8.73. The average molecular weight is 327 g/mol. The Morgan fingerprint density at radius 3 is 2.91 bits per heavy atom. The fraction of sp³-hybridized carbons (Fsp3) is 0.722. The van der Waals surface area contributed by atoms with Crippen molar-refractivity contribution in [3.8, 4) is 0 Å². The lowest BCUT2D eigenvalue weighted by Gasteiger charge is -2.23. The summed E-state index contributed by atoms with van der Waals surface area (Å²) in [5.74, 6) is 0.339. The molecule has 0 aromatic carbocycles. The molecule has 2 aliphatic rings. The molecule has 0 aromatic heterocycles. The number of rotatable bonds is 10. The molecule has 3 nitrogen and oxygen atoms in total. The van der Waals surface area contributed by atoms with Gasteiger partial charge in [-0.1, -0.05) is 31.2 Å². The van der Waals surface area contributed by atoms with Gasteiger partial charge in [0.2, 0.25) is 0 Å². The van der Waals surface area contributed by atoms with Gasteiger partial charge in [0.15, 0.2) is 0 Å². The van der Waals surface area contributed by atoms with Crippen molar-refractivity contribution in [1.29, 1.82) is 0 Å². The number of fused-ring (bicyclic) bond motifs is 1. The molecule has 2 fully saturated rings. The maximum atomic E-state index is 10.4. The predicted molar refractivity (Wildman–Crippen MR) is 89.2 cm³/mol. The second-order valence-corrected chi connectivity index (χ2v) is 6.88. The first-order valence-corrected chi connectivity index (χ1v) is 8.90. The number of carboxylic acids is 1. The minimum absolute atomic E-state index is 0.260. The number of epoxide rings is 1. The van der Waals surface area contributed by atoms with Crippen molar-refractivity contribution < 1.29 is 14.6 Å². The number of alkyl halides is 1. The number of ether oxygens (including phenoxy) is 1. The average Bonchev–Trinajstić information content (AvgIpc) is 3.18. The second-order valence-electron chi connectivity index (χ2n) is 6.32. The molecule has 0 radical (unpaired) electrons. The van der Waals surface area contributed by atoms with Gasteiger partial charge in [-0.2, -0.15) is 0 Å². The Bertz CT molecular complexity index is 419. The standard InChI is InChI=1S/C18H27ClO3/c1-2-15(19)14-12-16-18(22-16)13(14)10-8-6-4-3-5-7-9-11-17(20)21/h3-4,8,10,13-16,18H,2,5-7,9,11-12H2,1H3,(H,20,21)/b4-3-,10-8-/t13-,14+,15-,16-,18+/m0/s1. The highest BCUT2D eigenvalue weighted by atomic mass is 35.5. The summed E-state index contributed by atoms with van der Waals surface area (Å²) in [4.78, 5) is 10.4. The van der Waals surface area contributed by atoms with Crippen LogP contribution in [0.1, 0.15) is 51.9 Å². The van der Waals surface area contributed by atoms with E-state index in [1.54, 1.807) is 0 Å². The fourth-order valence-corrected chi connectivity index (χ4v) is 3.64. The third-order valence-corrected chi connectivity index (χ3v) is 5.30. The van der Waals surface area contributed by atoms with Crippen LogP contribution in [0.5, 0.6) is 0 Å². The van der Waals surface area contributed by atoms with Gasteiger partial charge >= 0.3 is 5.97 Å². The van der Waals surface area contributed by atoms with E-state index in [4.69, 9.17) is 21.4 Å². The highest BCUT2D eigenvalue weighted by Crippen LogP contribution is 2.50. The lowest BCUT2D eigenvalue weighted by molar-refractivity contribution is -0.137. The molecule has 1 heterocycles. The number of hydrogen-bond acceptors (Lipinski definition) is 2. The van der Waals surface area contributed by atoms with Crippen LogP contribution in [-0.2, 0) is 9.53 Å². The highest BCUT2D eigenvalue weighted by Gasteiger charge is 2.55. The Morgan fingerprint density at radius 2 is 2.18 bits per heavy atom. The number of allylic oxidation sites excluding steroid dienone is 3. The van der Waals surface area contributed by atoms with Crippen LogP contribution in [-0.4, -0.2) is 28.7 Å². The zero-order chi connectivity index (χ0) is 15.9. The molecule has 1 N–H and O–H groups in total. The molecule has 124 valence electrons. The van der Waals surface area contributed by atoms with Gasteiger partial charge in [0.1, 0.15) is 0 Å². The van der Waals surface area contributed by atoms with E-state index in [1.165, 1.54) is 0 Å². The van der Waals surface area contributed by atoms with E-state index >= 15 is 0 Å². The third-order valence-electron chi connectivity index (χ3n) is 4.66. The molecule has 22 heavy (non-hydrogen) atoms. The van der Waals surface area contributed by atoms with Crippen LogP contribution < -0.4 is 0 Å². The van der Waals surface area contributed by atoms with E-state index in [1.807, 2.05) is 0 Å². The third kappa shape index (κ3) is 5.13. The minimum Gasteiger partial charge on any atom is -0.481 e. The molecule has 0 bridgehead atoms. The molecule has 4 heteroatoms. The van der Waals surface area contributed by atoms with Crippen molar-refractivity contribution in [1.82, 2.24) is 0 Å². The van der Waals surface area contributed by atoms with Gasteiger partial charge in [0.25, 0.3) is 0 Å². The van der Waals surface area contributed by atoms with E-state index in [0.717, 1.165) is 38.5 Å². The summed E-state index contributed by atoms with van der Waals surface area (Å²) in [5, 5.41) is 8.81. The Hall–Kier alpha value is -0.800. The number of halogens is 1. The molecular formula is C18H27ClO3. The topological polar surface area (TPSA) is 49.8 Å². The van der Waals surface area contributed by atoms with Gasteiger partial charge in [0, 0.05) is 17.7 Å². The molecular weight excluding hydrogens is 300 g/mol. The van der Waals surface area contributed by atoms with Crippen LogP contribution in [0.3, 0.4) is 0 Å². The number of unbranched alkanes of at least 4 members (excludes halogenated alkanes) is 2. The quantitative estimate of drug-likeness (QED) is 0.277. The van der Waals surface area contributed by atoms with Crippen LogP contribution in [0.15, 0.2) is 24.3 Å². The Kier molecular flexibility index (Phi) is 6.97. The van der Waals surface area contributed by atoms with Gasteiger partial charge < -0.3 is 9.84 Å². The normalized spacial score (nSPS) is 31.7. The number of carboxylic acid groups (broad SMARTS) is 1. The molecule has 1 aliphatic heterocycles. The zero-order valence-electron chi connectivity index (χ0n) is 13.3. The van der Waals surface area contributed by atoms with Gasteiger partial charge in [-0.15, -0.1) is 11.6 Å². The predicted octanol–water partition coefficient (Wildman–Crippen LogP) is 4.55. The van der Waals surface area contributed by atoms with Gasteiger partial charge in [-0.05, 0) is 44.4 Å². The van der Waals surface area contributed by atoms with Crippen molar-refractivity contribution in [3.63, 3.8) is 0 Å². The Labute approximate surface area is 138 Å². The molecule has 1 saturated carbocycles. The lowest BCUT2D eigenvalue weighted by Crippen LogP contribution is -2.22.